The highest BCUT2D eigenvalue weighted by atomic mass is 32.2. The number of benzene rings is 1. The number of aromatic amines is 1. The molecule has 7 nitrogen and oxygen atoms in total. The lowest BCUT2D eigenvalue weighted by molar-refractivity contribution is 0.0730. The number of anilines is 1. The molecule has 1 amide bonds. The highest BCUT2D eigenvalue weighted by Gasteiger charge is 2.27. The molecule has 0 unspecified atom stereocenters. The van der Waals surface area contributed by atoms with E-state index < -0.39 is 21.7 Å². The van der Waals surface area contributed by atoms with Crippen LogP contribution in [-0.4, -0.2) is 49.9 Å². The van der Waals surface area contributed by atoms with Crippen molar-refractivity contribution in [2.45, 2.75) is 4.90 Å². The highest BCUT2D eigenvalue weighted by Crippen LogP contribution is 2.19. The van der Waals surface area contributed by atoms with Crippen LogP contribution in [0.3, 0.4) is 0 Å². The molecule has 1 aromatic heterocycles. The van der Waals surface area contributed by atoms with E-state index in [0.717, 1.165) is 0 Å². The highest BCUT2D eigenvalue weighted by molar-refractivity contribution is 7.89. The van der Waals surface area contributed by atoms with E-state index in [1.807, 2.05) is 0 Å². The topological polar surface area (TPSA) is 91.5 Å². The molecule has 2 heterocycles. The van der Waals surface area contributed by atoms with Crippen LogP contribution in [-0.2, 0) is 14.8 Å². The van der Waals surface area contributed by atoms with E-state index in [1.54, 1.807) is 0 Å². The molecule has 2 aromatic rings. The van der Waals surface area contributed by atoms with Gasteiger partial charge in [0.15, 0.2) is 0 Å². The fraction of sp³-hybridized carbons (Fsp3) is 0.267. The lowest BCUT2D eigenvalue weighted by Gasteiger charge is -2.25. The molecule has 0 saturated carbocycles. The number of H-pyrrole nitrogens is 1. The number of nitrogens with zero attached hydrogens (tertiary/aromatic N) is 1. The first kappa shape index (κ1) is 16.6. The Labute approximate surface area is 138 Å². The predicted molar refractivity (Wildman–Crippen MR) is 84.7 cm³/mol. The first-order valence-corrected chi connectivity index (χ1v) is 8.74. The SMILES string of the molecule is O=C(Nc1ccc(F)cc1)c1cc(S(=O)(=O)N2CCOCC2)c[nH]1. The molecule has 0 aliphatic carbocycles. The van der Waals surface area contributed by atoms with Gasteiger partial charge in [-0.15, -0.1) is 0 Å². The lowest BCUT2D eigenvalue weighted by Crippen LogP contribution is -2.40. The third-order valence-electron chi connectivity index (χ3n) is 3.61. The van der Waals surface area contributed by atoms with E-state index in [4.69, 9.17) is 4.74 Å². The van der Waals surface area contributed by atoms with Crippen molar-refractivity contribution in [1.82, 2.24) is 9.29 Å². The number of hydrogen-bond donors (Lipinski definition) is 2. The van der Waals surface area contributed by atoms with E-state index in [2.05, 4.69) is 10.3 Å². The van der Waals surface area contributed by atoms with Crippen molar-refractivity contribution in [3.63, 3.8) is 0 Å². The number of sulfonamides is 1. The van der Waals surface area contributed by atoms with Gasteiger partial charge in [-0.2, -0.15) is 4.31 Å². The molecule has 0 spiro atoms. The van der Waals surface area contributed by atoms with Crippen LogP contribution in [0.2, 0.25) is 0 Å². The van der Waals surface area contributed by atoms with E-state index in [0.29, 0.717) is 18.9 Å². The van der Waals surface area contributed by atoms with Crippen LogP contribution >= 0.6 is 0 Å². The quantitative estimate of drug-likeness (QED) is 0.870. The van der Waals surface area contributed by atoms with Crippen LogP contribution in [0.15, 0.2) is 41.4 Å². The number of nitrogens with one attached hydrogen (secondary N) is 2. The number of carbonyl (C=O) groups is 1. The van der Waals surface area contributed by atoms with E-state index in [-0.39, 0.29) is 23.7 Å². The van der Waals surface area contributed by atoms with Crippen molar-refractivity contribution in [3.05, 3.63) is 48.0 Å². The normalized spacial score (nSPS) is 16.0. The van der Waals surface area contributed by atoms with Crippen molar-refractivity contribution in [2.75, 3.05) is 31.6 Å². The largest absolute Gasteiger partial charge is 0.379 e. The van der Waals surface area contributed by atoms with Gasteiger partial charge in [0.25, 0.3) is 5.91 Å². The smallest absolute Gasteiger partial charge is 0.272 e. The van der Waals surface area contributed by atoms with Gasteiger partial charge in [0.1, 0.15) is 16.4 Å². The number of carbonyl (C=O) groups excluding carboxylic acids is 1. The second-order valence-electron chi connectivity index (χ2n) is 5.23. The average Bonchev–Trinajstić information content (AvgIpc) is 3.09. The van der Waals surface area contributed by atoms with Gasteiger partial charge in [-0.1, -0.05) is 0 Å². The van der Waals surface area contributed by atoms with E-state index >= 15 is 0 Å². The third-order valence-corrected chi connectivity index (χ3v) is 5.49. The molecule has 1 saturated heterocycles. The Balaban J connectivity index is 1.74. The molecular formula is C15H16FN3O4S. The first-order valence-electron chi connectivity index (χ1n) is 7.30. The molecule has 1 fully saturated rings. The second-order valence-corrected chi connectivity index (χ2v) is 7.16. The Morgan fingerprint density at radius 3 is 2.54 bits per heavy atom. The minimum Gasteiger partial charge on any atom is -0.379 e. The van der Waals surface area contributed by atoms with Crippen LogP contribution in [0.5, 0.6) is 0 Å². The van der Waals surface area contributed by atoms with E-state index in [9.17, 15) is 17.6 Å². The van der Waals surface area contributed by atoms with Gasteiger partial charge < -0.3 is 15.0 Å². The Morgan fingerprint density at radius 1 is 1.21 bits per heavy atom. The molecule has 0 atom stereocenters. The fourth-order valence-corrected chi connectivity index (χ4v) is 3.72. The molecule has 1 aliphatic rings. The Morgan fingerprint density at radius 2 is 1.88 bits per heavy atom. The molecule has 1 aromatic carbocycles. The standard InChI is InChI=1S/C15H16FN3O4S/c16-11-1-3-12(4-2-11)18-15(20)14-9-13(10-17-14)24(21,22)19-5-7-23-8-6-19/h1-4,9-10,17H,5-8H2,(H,18,20). The number of morpholine rings is 1. The lowest BCUT2D eigenvalue weighted by atomic mass is 10.3. The van der Waals surface area contributed by atoms with Gasteiger partial charge in [0, 0.05) is 25.0 Å². The zero-order chi connectivity index (χ0) is 17.2. The summed E-state index contributed by atoms with van der Waals surface area (Å²) in [5.41, 5.74) is 0.514. The van der Waals surface area contributed by atoms with Crippen LogP contribution in [0, 0.1) is 5.82 Å². The summed E-state index contributed by atoms with van der Waals surface area (Å²) in [6.07, 6.45) is 1.28. The van der Waals surface area contributed by atoms with Crippen LogP contribution in [0.25, 0.3) is 0 Å². The van der Waals surface area contributed by atoms with Crippen LogP contribution in [0.1, 0.15) is 10.5 Å². The summed E-state index contributed by atoms with van der Waals surface area (Å²) < 4.78 is 44.3. The predicted octanol–water partition coefficient (Wildman–Crippen LogP) is 1.43. The zero-order valence-electron chi connectivity index (χ0n) is 12.7. The van der Waals surface area contributed by atoms with Crippen LogP contribution < -0.4 is 5.32 Å². The van der Waals surface area contributed by atoms with Crippen molar-refractivity contribution >= 4 is 21.6 Å². The van der Waals surface area contributed by atoms with Gasteiger partial charge in [-0.3, -0.25) is 4.79 Å². The minimum atomic E-state index is -3.66. The molecule has 24 heavy (non-hydrogen) atoms. The van der Waals surface area contributed by atoms with Gasteiger partial charge in [-0.05, 0) is 30.3 Å². The molecule has 2 N–H and O–H groups in total. The molecule has 128 valence electrons. The summed E-state index contributed by atoms with van der Waals surface area (Å²) in [7, 11) is -3.66. The van der Waals surface area contributed by atoms with Crippen molar-refractivity contribution in [1.29, 1.82) is 0 Å². The second kappa shape index (κ2) is 6.71. The summed E-state index contributed by atoms with van der Waals surface area (Å²) in [5, 5.41) is 2.56. The number of rotatable bonds is 4. The number of halogens is 1. The molecule has 1 aliphatic heterocycles. The van der Waals surface area contributed by atoms with Gasteiger partial charge in [-0.25, -0.2) is 12.8 Å². The number of aromatic nitrogens is 1. The van der Waals surface area contributed by atoms with Gasteiger partial charge in [0.2, 0.25) is 10.0 Å². The molecule has 3 rings (SSSR count). The molecular weight excluding hydrogens is 337 g/mol. The molecule has 0 bridgehead atoms. The fourth-order valence-electron chi connectivity index (χ4n) is 2.32. The van der Waals surface area contributed by atoms with Gasteiger partial charge in [0.05, 0.1) is 13.2 Å². The average molecular weight is 353 g/mol. The number of ether oxygens (including phenoxy) is 1. The zero-order valence-corrected chi connectivity index (χ0v) is 13.5. The van der Waals surface area contributed by atoms with Crippen molar-refractivity contribution in [2.24, 2.45) is 0 Å². The summed E-state index contributed by atoms with van der Waals surface area (Å²) in [6.45, 7) is 1.26. The molecule has 9 heteroatoms. The van der Waals surface area contributed by atoms with Crippen LogP contribution in [0.4, 0.5) is 10.1 Å². The van der Waals surface area contributed by atoms with E-state index in [1.165, 1.54) is 40.8 Å². The summed E-state index contributed by atoms with van der Waals surface area (Å²) in [5.74, 6) is -0.920. The monoisotopic (exact) mass is 353 g/mol. The Bertz CT molecular complexity index is 827. The maximum atomic E-state index is 12.9. The molecule has 0 radical (unpaired) electrons. The Kier molecular flexibility index (Phi) is 4.65. The first-order chi connectivity index (χ1) is 11.5. The minimum absolute atomic E-state index is 0.0219. The number of amides is 1. The number of hydrogen-bond acceptors (Lipinski definition) is 4. The third kappa shape index (κ3) is 3.48. The summed E-state index contributed by atoms with van der Waals surface area (Å²) >= 11 is 0. The van der Waals surface area contributed by atoms with Crippen molar-refractivity contribution < 1.29 is 22.3 Å². The van der Waals surface area contributed by atoms with Gasteiger partial charge >= 0.3 is 0 Å². The Hall–Kier alpha value is -2.23. The summed E-state index contributed by atoms with van der Waals surface area (Å²) in [6, 6.07) is 6.56. The summed E-state index contributed by atoms with van der Waals surface area (Å²) in [4.78, 5) is 14.8. The maximum Gasteiger partial charge on any atom is 0.272 e. The van der Waals surface area contributed by atoms with Crippen molar-refractivity contribution in [3.8, 4) is 0 Å². The maximum absolute atomic E-state index is 12.9.